The number of rotatable bonds is 8. The number of piperidine rings is 1. The van der Waals surface area contributed by atoms with Gasteiger partial charge in [0.05, 0.1) is 17.2 Å². The molecule has 3 amide bonds. The fourth-order valence-corrected chi connectivity index (χ4v) is 4.30. The van der Waals surface area contributed by atoms with Crippen LogP contribution in [-0.2, 0) is 16.1 Å². The monoisotopic (exact) mass is 426 g/mol. The van der Waals surface area contributed by atoms with Gasteiger partial charge < -0.3 is 16.8 Å². The SMILES string of the molecule is NC(=O)CSc1ccccc1C(=O)Nc1ccc(CN2CCCC(C(N)=O)C2)cc1. The fourth-order valence-electron chi connectivity index (χ4n) is 3.51. The van der Waals surface area contributed by atoms with Crippen molar-refractivity contribution in [1.29, 1.82) is 0 Å². The number of carbonyl (C=O) groups excluding carboxylic acids is 3. The molecule has 0 bridgehead atoms. The van der Waals surface area contributed by atoms with Crippen LogP contribution in [0.5, 0.6) is 0 Å². The zero-order valence-electron chi connectivity index (χ0n) is 16.7. The van der Waals surface area contributed by atoms with Gasteiger partial charge in [0.2, 0.25) is 11.8 Å². The summed E-state index contributed by atoms with van der Waals surface area (Å²) in [5, 5.41) is 2.90. The van der Waals surface area contributed by atoms with Crippen molar-refractivity contribution in [2.75, 3.05) is 24.2 Å². The van der Waals surface area contributed by atoms with Crippen LogP contribution in [0.1, 0.15) is 28.8 Å². The molecule has 8 heteroatoms. The summed E-state index contributed by atoms with van der Waals surface area (Å²) in [5.74, 6) is -0.860. The predicted molar refractivity (Wildman–Crippen MR) is 118 cm³/mol. The van der Waals surface area contributed by atoms with E-state index in [-0.39, 0.29) is 23.5 Å². The number of amides is 3. The lowest BCUT2D eigenvalue weighted by Gasteiger charge is -2.31. The maximum Gasteiger partial charge on any atom is 0.256 e. The molecule has 0 aromatic heterocycles. The van der Waals surface area contributed by atoms with Crippen LogP contribution in [0.3, 0.4) is 0 Å². The van der Waals surface area contributed by atoms with Crippen molar-refractivity contribution in [1.82, 2.24) is 4.90 Å². The molecule has 158 valence electrons. The van der Waals surface area contributed by atoms with Gasteiger partial charge in [-0.2, -0.15) is 0 Å². The molecule has 1 atom stereocenters. The molecular formula is C22H26N4O3S. The third kappa shape index (κ3) is 6.08. The van der Waals surface area contributed by atoms with E-state index >= 15 is 0 Å². The highest BCUT2D eigenvalue weighted by Crippen LogP contribution is 2.24. The number of nitrogens with zero attached hydrogens (tertiary/aromatic N) is 1. The average Bonchev–Trinajstić information content (AvgIpc) is 2.74. The van der Waals surface area contributed by atoms with Crippen molar-refractivity contribution in [2.24, 2.45) is 17.4 Å². The van der Waals surface area contributed by atoms with Gasteiger partial charge in [0, 0.05) is 23.7 Å². The van der Waals surface area contributed by atoms with E-state index in [1.807, 2.05) is 30.3 Å². The number of thioether (sulfide) groups is 1. The van der Waals surface area contributed by atoms with Crippen LogP contribution in [0, 0.1) is 5.92 Å². The van der Waals surface area contributed by atoms with Crippen LogP contribution < -0.4 is 16.8 Å². The summed E-state index contributed by atoms with van der Waals surface area (Å²) >= 11 is 1.24. The quantitative estimate of drug-likeness (QED) is 0.559. The van der Waals surface area contributed by atoms with Gasteiger partial charge in [-0.15, -0.1) is 11.8 Å². The standard InChI is InChI=1S/C22H26N4O3S/c23-20(27)14-30-19-6-2-1-5-18(19)22(29)25-17-9-7-15(8-10-17)12-26-11-3-4-16(13-26)21(24)28/h1-2,5-10,16H,3-4,11-14H2,(H2,23,27)(H2,24,28)(H,25,29). The lowest BCUT2D eigenvalue weighted by molar-refractivity contribution is -0.123. The highest BCUT2D eigenvalue weighted by molar-refractivity contribution is 8.00. The van der Waals surface area contributed by atoms with Crippen LogP contribution in [0.25, 0.3) is 0 Å². The molecule has 1 fully saturated rings. The van der Waals surface area contributed by atoms with E-state index in [1.165, 1.54) is 11.8 Å². The number of likely N-dealkylation sites (tertiary alicyclic amines) is 1. The molecule has 1 heterocycles. The van der Waals surface area contributed by atoms with Gasteiger partial charge in [-0.1, -0.05) is 24.3 Å². The molecule has 1 aliphatic rings. The molecule has 0 aliphatic carbocycles. The summed E-state index contributed by atoms with van der Waals surface area (Å²) in [4.78, 5) is 38.1. The number of primary amides is 2. The summed E-state index contributed by atoms with van der Waals surface area (Å²) in [6.07, 6.45) is 1.82. The summed E-state index contributed by atoms with van der Waals surface area (Å²) in [5.41, 5.74) is 13.0. The molecular weight excluding hydrogens is 400 g/mol. The largest absolute Gasteiger partial charge is 0.369 e. The van der Waals surface area contributed by atoms with Gasteiger partial charge in [-0.3, -0.25) is 19.3 Å². The van der Waals surface area contributed by atoms with E-state index in [4.69, 9.17) is 11.5 Å². The van der Waals surface area contributed by atoms with Crippen molar-refractivity contribution in [2.45, 2.75) is 24.3 Å². The Bertz CT molecular complexity index is 917. The Balaban J connectivity index is 1.60. The van der Waals surface area contributed by atoms with E-state index in [1.54, 1.807) is 18.2 Å². The minimum atomic E-state index is -0.429. The highest BCUT2D eigenvalue weighted by atomic mass is 32.2. The number of nitrogens with two attached hydrogens (primary N) is 2. The van der Waals surface area contributed by atoms with Crippen LogP contribution in [-0.4, -0.2) is 41.5 Å². The van der Waals surface area contributed by atoms with Crippen molar-refractivity contribution in [3.8, 4) is 0 Å². The van der Waals surface area contributed by atoms with E-state index in [9.17, 15) is 14.4 Å². The minimum absolute atomic E-state index is 0.0789. The topological polar surface area (TPSA) is 119 Å². The Morgan fingerprint density at radius 2 is 1.80 bits per heavy atom. The van der Waals surface area contributed by atoms with Crippen LogP contribution in [0.15, 0.2) is 53.4 Å². The Kier molecular flexibility index (Phi) is 7.48. The van der Waals surface area contributed by atoms with Crippen LogP contribution >= 0.6 is 11.8 Å². The second-order valence-corrected chi connectivity index (χ2v) is 8.40. The zero-order valence-corrected chi connectivity index (χ0v) is 17.5. The van der Waals surface area contributed by atoms with Crippen molar-refractivity contribution in [3.05, 3.63) is 59.7 Å². The molecule has 30 heavy (non-hydrogen) atoms. The van der Waals surface area contributed by atoms with Crippen molar-refractivity contribution >= 4 is 35.2 Å². The number of nitrogens with one attached hydrogen (secondary N) is 1. The zero-order chi connectivity index (χ0) is 21.5. The van der Waals surface area contributed by atoms with Gasteiger partial charge >= 0.3 is 0 Å². The number of carbonyl (C=O) groups is 3. The molecule has 7 nitrogen and oxygen atoms in total. The van der Waals surface area contributed by atoms with E-state index in [0.29, 0.717) is 22.7 Å². The van der Waals surface area contributed by atoms with E-state index in [0.717, 1.165) is 31.5 Å². The predicted octanol–water partition coefficient (Wildman–Crippen LogP) is 2.21. The third-order valence-corrected chi connectivity index (χ3v) is 6.12. The number of hydrogen-bond acceptors (Lipinski definition) is 5. The Labute approximate surface area is 180 Å². The molecule has 1 aliphatic heterocycles. The van der Waals surface area contributed by atoms with Crippen LogP contribution in [0.2, 0.25) is 0 Å². The molecule has 3 rings (SSSR count). The van der Waals surface area contributed by atoms with Gasteiger partial charge in [0.15, 0.2) is 0 Å². The molecule has 5 N–H and O–H groups in total. The number of hydrogen-bond donors (Lipinski definition) is 3. The maximum absolute atomic E-state index is 12.7. The molecule has 0 spiro atoms. The van der Waals surface area contributed by atoms with Gasteiger partial charge in [0.1, 0.15) is 0 Å². The Morgan fingerprint density at radius 3 is 2.50 bits per heavy atom. The van der Waals surface area contributed by atoms with Crippen molar-refractivity contribution in [3.63, 3.8) is 0 Å². The lowest BCUT2D eigenvalue weighted by atomic mass is 9.97. The second-order valence-electron chi connectivity index (χ2n) is 7.38. The minimum Gasteiger partial charge on any atom is -0.369 e. The summed E-state index contributed by atoms with van der Waals surface area (Å²) in [6, 6.07) is 14.8. The molecule has 2 aromatic carbocycles. The normalized spacial score (nSPS) is 16.7. The Hall–Kier alpha value is -2.84. The first-order chi connectivity index (χ1) is 14.4. The average molecular weight is 427 g/mol. The lowest BCUT2D eigenvalue weighted by Crippen LogP contribution is -2.40. The molecule has 0 saturated carbocycles. The van der Waals surface area contributed by atoms with Gasteiger partial charge in [0.25, 0.3) is 5.91 Å². The molecule has 0 radical (unpaired) electrons. The first-order valence-electron chi connectivity index (χ1n) is 9.84. The van der Waals surface area contributed by atoms with E-state index < -0.39 is 5.91 Å². The molecule has 2 aromatic rings. The second kappa shape index (κ2) is 10.3. The third-order valence-electron chi connectivity index (χ3n) is 5.03. The van der Waals surface area contributed by atoms with Gasteiger partial charge in [-0.25, -0.2) is 0 Å². The van der Waals surface area contributed by atoms with Crippen LogP contribution in [0.4, 0.5) is 5.69 Å². The number of benzene rings is 2. The summed E-state index contributed by atoms with van der Waals surface area (Å²) in [6.45, 7) is 2.38. The first-order valence-corrected chi connectivity index (χ1v) is 10.8. The van der Waals surface area contributed by atoms with E-state index in [2.05, 4.69) is 10.2 Å². The Morgan fingerprint density at radius 1 is 1.07 bits per heavy atom. The smallest absolute Gasteiger partial charge is 0.256 e. The summed E-state index contributed by atoms with van der Waals surface area (Å²) in [7, 11) is 0. The van der Waals surface area contributed by atoms with Crippen molar-refractivity contribution < 1.29 is 14.4 Å². The molecule has 1 saturated heterocycles. The fraction of sp³-hybridized carbons (Fsp3) is 0.318. The highest BCUT2D eigenvalue weighted by Gasteiger charge is 2.23. The first kappa shape index (κ1) is 21.9. The van der Waals surface area contributed by atoms with Gasteiger partial charge in [-0.05, 0) is 49.2 Å². The summed E-state index contributed by atoms with van der Waals surface area (Å²) < 4.78 is 0. The number of anilines is 1. The maximum atomic E-state index is 12.7. The molecule has 1 unspecified atom stereocenters.